The molecule has 2 rings (SSSR count). The molecule has 2 aromatic rings. The van der Waals surface area contributed by atoms with Crippen LogP contribution in [-0.2, 0) is 10.5 Å². The minimum Gasteiger partial charge on any atom is -0.478 e. The maximum Gasteiger partial charge on any atom is 0.328 e. The van der Waals surface area contributed by atoms with Crippen LogP contribution in [0.3, 0.4) is 0 Å². The van der Waals surface area contributed by atoms with Gasteiger partial charge in [-0.2, -0.15) is 0 Å². The second-order valence-electron chi connectivity index (χ2n) is 4.12. The predicted octanol–water partition coefficient (Wildman–Crippen LogP) is 4.84. The first-order valence-electron chi connectivity index (χ1n) is 6.02. The molecule has 0 heterocycles. The van der Waals surface area contributed by atoms with Crippen molar-refractivity contribution in [3.05, 3.63) is 70.2 Å². The van der Waals surface area contributed by atoms with Gasteiger partial charge in [-0.15, -0.1) is 11.8 Å². The Balaban J connectivity index is 2.11. The molecule has 2 nitrogen and oxygen atoms in total. The van der Waals surface area contributed by atoms with Gasteiger partial charge in [-0.25, -0.2) is 4.79 Å². The highest BCUT2D eigenvalue weighted by Gasteiger charge is 2.01. The highest BCUT2D eigenvalue weighted by molar-refractivity contribution is 9.10. The Morgan fingerprint density at radius 3 is 2.75 bits per heavy atom. The standard InChI is InChI=1S/C16H13BrO2S/c17-14-6-3-7-15(10-14)20-11-13-5-2-1-4-12(13)8-9-16(18)19/h1-10H,11H2,(H,18,19). The summed E-state index contributed by atoms with van der Waals surface area (Å²) in [7, 11) is 0. The van der Waals surface area contributed by atoms with E-state index in [4.69, 9.17) is 5.11 Å². The van der Waals surface area contributed by atoms with E-state index in [1.807, 2.05) is 36.4 Å². The molecule has 0 fully saturated rings. The van der Waals surface area contributed by atoms with Gasteiger partial charge in [-0.05, 0) is 35.4 Å². The van der Waals surface area contributed by atoms with Crippen molar-refractivity contribution in [3.63, 3.8) is 0 Å². The van der Waals surface area contributed by atoms with Crippen LogP contribution < -0.4 is 0 Å². The first kappa shape index (κ1) is 14.9. The van der Waals surface area contributed by atoms with E-state index in [2.05, 4.69) is 28.1 Å². The Labute approximate surface area is 130 Å². The van der Waals surface area contributed by atoms with Gasteiger partial charge in [0.25, 0.3) is 0 Å². The van der Waals surface area contributed by atoms with Gasteiger partial charge < -0.3 is 5.11 Å². The quantitative estimate of drug-likeness (QED) is 0.620. The molecule has 0 aliphatic rings. The molecule has 0 bridgehead atoms. The monoisotopic (exact) mass is 348 g/mol. The van der Waals surface area contributed by atoms with Crippen LogP contribution in [0, 0.1) is 0 Å². The normalized spacial score (nSPS) is 10.8. The van der Waals surface area contributed by atoms with Crippen molar-refractivity contribution in [1.82, 2.24) is 0 Å². The van der Waals surface area contributed by atoms with Crippen LogP contribution in [0.1, 0.15) is 11.1 Å². The molecule has 2 aromatic carbocycles. The predicted molar refractivity (Wildman–Crippen MR) is 86.8 cm³/mol. The molecule has 4 heteroatoms. The van der Waals surface area contributed by atoms with Crippen molar-refractivity contribution in [1.29, 1.82) is 0 Å². The van der Waals surface area contributed by atoms with Crippen molar-refractivity contribution < 1.29 is 9.90 Å². The first-order chi connectivity index (χ1) is 9.65. The van der Waals surface area contributed by atoms with E-state index in [0.29, 0.717) is 0 Å². The molecule has 0 aliphatic carbocycles. The Morgan fingerprint density at radius 1 is 1.20 bits per heavy atom. The molecule has 0 spiro atoms. The summed E-state index contributed by atoms with van der Waals surface area (Å²) in [6.45, 7) is 0. The largest absolute Gasteiger partial charge is 0.478 e. The fourth-order valence-electron chi connectivity index (χ4n) is 1.71. The number of carboxylic acids is 1. The fourth-order valence-corrected chi connectivity index (χ4v) is 3.23. The Morgan fingerprint density at radius 2 is 2.00 bits per heavy atom. The molecule has 0 atom stereocenters. The van der Waals surface area contributed by atoms with Gasteiger partial charge in [0.05, 0.1) is 0 Å². The molecule has 0 saturated heterocycles. The van der Waals surface area contributed by atoms with Crippen LogP contribution in [0.25, 0.3) is 6.08 Å². The van der Waals surface area contributed by atoms with E-state index >= 15 is 0 Å². The summed E-state index contributed by atoms with van der Waals surface area (Å²) in [5.41, 5.74) is 2.06. The van der Waals surface area contributed by atoms with Crippen molar-refractivity contribution in [2.75, 3.05) is 0 Å². The molecule has 0 radical (unpaired) electrons. The second-order valence-corrected chi connectivity index (χ2v) is 6.08. The molecular formula is C16H13BrO2S. The molecule has 0 aliphatic heterocycles. The van der Waals surface area contributed by atoms with E-state index in [1.165, 1.54) is 11.0 Å². The molecule has 0 aromatic heterocycles. The Hall–Kier alpha value is -1.52. The maximum absolute atomic E-state index is 10.6. The van der Waals surface area contributed by atoms with Gasteiger partial charge >= 0.3 is 5.97 Å². The summed E-state index contributed by atoms with van der Waals surface area (Å²) < 4.78 is 1.06. The summed E-state index contributed by atoms with van der Waals surface area (Å²) in [5, 5.41) is 8.71. The van der Waals surface area contributed by atoms with E-state index in [1.54, 1.807) is 17.8 Å². The average molecular weight is 349 g/mol. The SMILES string of the molecule is O=C(O)C=Cc1ccccc1CSc1cccc(Br)c1. The van der Waals surface area contributed by atoms with Crippen molar-refractivity contribution >= 4 is 39.7 Å². The lowest BCUT2D eigenvalue weighted by Crippen LogP contribution is -1.89. The van der Waals surface area contributed by atoms with Crippen LogP contribution in [0.2, 0.25) is 0 Å². The zero-order chi connectivity index (χ0) is 14.4. The van der Waals surface area contributed by atoms with Crippen LogP contribution in [0.5, 0.6) is 0 Å². The lowest BCUT2D eigenvalue weighted by atomic mass is 10.1. The van der Waals surface area contributed by atoms with E-state index < -0.39 is 5.97 Å². The van der Waals surface area contributed by atoms with Crippen LogP contribution >= 0.6 is 27.7 Å². The number of carboxylic acid groups (broad SMARTS) is 1. The van der Waals surface area contributed by atoms with Crippen LogP contribution in [0.4, 0.5) is 0 Å². The third kappa shape index (κ3) is 4.54. The van der Waals surface area contributed by atoms with Gasteiger partial charge in [0.2, 0.25) is 0 Å². The molecule has 0 amide bonds. The van der Waals surface area contributed by atoms with E-state index in [9.17, 15) is 4.79 Å². The number of benzene rings is 2. The molecule has 0 saturated carbocycles. The number of hydrogen-bond acceptors (Lipinski definition) is 2. The zero-order valence-electron chi connectivity index (χ0n) is 10.6. The maximum atomic E-state index is 10.6. The van der Waals surface area contributed by atoms with Crippen molar-refractivity contribution in [3.8, 4) is 0 Å². The summed E-state index contributed by atoms with van der Waals surface area (Å²) in [6.07, 6.45) is 2.81. The van der Waals surface area contributed by atoms with Gasteiger partial charge in [0.15, 0.2) is 0 Å². The molecular weight excluding hydrogens is 336 g/mol. The topological polar surface area (TPSA) is 37.3 Å². The second kappa shape index (κ2) is 7.31. The van der Waals surface area contributed by atoms with E-state index in [0.717, 1.165) is 21.4 Å². The van der Waals surface area contributed by atoms with Crippen LogP contribution in [-0.4, -0.2) is 11.1 Å². The molecule has 1 N–H and O–H groups in total. The van der Waals surface area contributed by atoms with Crippen LogP contribution in [0.15, 0.2) is 64.0 Å². The summed E-state index contributed by atoms with van der Waals surface area (Å²) >= 11 is 5.18. The van der Waals surface area contributed by atoms with Gasteiger partial charge in [-0.3, -0.25) is 0 Å². The van der Waals surface area contributed by atoms with Crippen molar-refractivity contribution in [2.45, 2.75) is 10.6 Å². The number of aliphatic carboxylic acids is 1. The lowest BCUT2D eigenvalue weighted by molar-refractivity contribution is -0.131. The molecule has 102 valence electrons. The minimum atomic E-state index is -0.931. The number of rotatable bonds is 5. The molecule has 20 heavy (non-hydrogen) atoms. The minimum absolute atomic E-state index is 0.802. The Kier molecular flexibility index (Phi) is 5.44. The average Bonchev–Trinajstić information content (AvgIpc) is 2.44. The third-order valence-electron chi connectivity index (χ3n) is 2.65. The summed E-state index contributed by atoms with van der Waals surface area (Å²) in [5.74, 6) is -0.129. The highest BCUT2D eigenvalue weighted by Crippen LogP contribution is 2.27. The van der Waals surface area contributed by atoms with E-state index in [-0.39, 0.29) is 0 Å². The lowest BCUT2D eigenvalue weighted by Gasteiger charge is -2.06. The molecule has 0 unspecified atom stereocenters. The number of thioether (sulfide) groups is 1. The summed E-state index contributed by atoms with van der Waals surface area (Å²) in [6, 6.07) is 16.0. The third-order valence-corrected chi connectivity index (χ3v) is 4.19. The summed E-state index contributed by atoms with van der Waals surface area (Å²) in [4.78, 5) is 11.8. The number of hydrogen-bond donors (Lipinski definition) is 1. The zero-order valence-corrected chi connectivity index (χ0v) is 13.0. The van der Waals surface area contributed by atoms with Gasteiger partial charge in [0.1, 0.15) is 0 Å². The van der Waals surface area contributed by atoms with Gasteiger partial charge in [-0.1, -0.05) is 46.3 Å². The number of halogens is 1. The smallest absolute Gasteiger partial charge is 0.328 e. The Bertz CT molecular complexity index is 638. The number of carbonyl (C=O) groups is 1. The van der Waals surface area contributed by atoms with Crippen molar-refractivity contribution in [2.24, 2.45) is 0 Å². The highest BCUT2D eigenvalue weighted by atomic mass is 79.9. The fraction of sp³-hybridized carbons (Fsp3) is 0.0625. The first-order valence-corrected chi connectivity index (χ1v) is 7.80. The van der Waals surface area contributed by atoms with Gasteiger partial charge in [0, 0.05) is 21.2 Å².